The first-order chi connectivity index (χ1) is 7.79. The number of aryl methyl sites for hydroxylation is 1. The molecule has 16 heavy (non-hydrogen) atoms. The summed E-state index contributed by atoms with van der Waals surface area (Å²) in [7, 11) is 0. The number of ether oxygens (including phenoxy) is 1. The Balaban J connectivity index is 2.07. The summed E-state index contributed by atoms with van der Waals surface area (Å²) >= 11 is 0. The van der Waals surface area contributed by atoms with Crippen molar-refractivity contribution in [3.63, 3.8) is 0 Å². The lowest BCUT2D eigenvalue weighted by molar-refractivity contribution is 0.293. The van der Waals surface area contributed by atoms with E-state index in [1.54, 1.807) is 0 Å². The lowest BCUT2D eigenvalue weighted by Crippen LogP contribution is -2.03. The van der Waals surface area contributed by atoms with E-state index in [0.717, 1.165) is 17.7 Å². The first-order valence-electron chi connectivity index (χ1n) is 5.14. The fourth-order valence-electron chi connectivity index (χ4n) is 1.46. The molecule has 0 fully saturated rings. The van der Waals surface area contributed by atoms with Crippen LogP contribution in [0.3, 0.4) is 0 Å². The molecule has 0 saturated carbocycles. The van der Waals surface area contributed by atoms with Crippen LogP contribution in [0.1, 0.15) is 18.3 Å². The third-order valence-corrected chi connectivity index (χ3v) is 2.27. The van der Waals surface area contributed by atoms with Crippen molar-refractivity contribution >= 4 is 0 Å². The Bertz CT molecular complexity index is 516. The molecule has 0 aliphatic heterocycles. The SMILES string of the molecule is CCc1ccccc1OCc1n[nH]c(=O)[nH]1. The second-order valence-corrected chi connectivity index (χ2v) is 3.37. The predicted molar refractivity (Wildman–Crippen MR) is 59.4 cm³/mol. The summed E-state index contributed by atoms with van der Waals surface area (Å²) in [5.74, 6) is 1.32. The lowest BCUT2D eigenvalue weighted by atomic mass is 10.1. The second-order valence-electron chi connectivity index (χ2n) is 3.37. The molecule has 5 nitrogen and oxygen atoms in total. The monoisotopic (exact) mass is 219 g/mol. The van der Waals surface area contributed by atoms with E-state index in [4.69, 9.17) is 4.74 Å². The number of hydrogen-bond donors (Lipinski definition) is 2. The number of nitrogens with one attached hydrogen (secondary N) is 2. The smallest absolute Gasteiger partial charge is 0.340 e. The van der Waals surface area contributed by atoms with Crippen LogP contribution in [0.25, 0.3) is 0 Å². The molecule has 0 atom stereocenters. The van der Waals surface area contributed by atoms with Gasteiger partial charge in [0.25, 0.3) is 0 Å². The number of nitrogens with zero attached hydrogens (tertiary/aromatic N) is 1. The number of aromatic nitrogens is 3. The van der Waals surface area contributed by atoms with Gasteiger partial charge in [0.05, 0.1) is 0 Å². The Morgan fingerprint density at radius 3 is 2.88 bits per heavy atom. The summed E-state index contributed by atoms with van der Waals surface area (Å²) in [5.41, 5.74) is 0.822. The highest BCUT2D eigenvalue weighted by atomic mass is 16.5. The minimum Gasteiger partial charge on any atom is -0.485 e. The fraction of sp³-hybridized carbons (Fsp3) is 0.273. The van der Waals surface area contributed by atoms with Crippen LogP contribution in [0.5, 0.6) is 5.75 Å². The standard InChI is InChI=1S/C11H13N3O2/c1-2-8-5-3-4-6-9(8)16-7-10-12-11(15)14-13-10/h3-6H,2,7H2,1H3,(H2,12,13,14,15). The van der Waals surface area contributed by atoms with Crippen LogP contribution in [0.2, 0.25) is 0 Å². The number of hydrogen-bond acceptors (Lipinski definition) is 3. The van der Waals surface area contributed by atoms with E-state index >= 15 is 0 Å². The van der Waals surface area contributed by atoms with Gasteiger partial charge in [0, 0.05) is 0 Å². The molecule has 2 aromatic rings. The third kappa shape index (κ3) is 2.31. The number of H-pyrrole nitrogens is 2. The van der Waals surface area contributed by atoms with Crippen molar-refractivity contribution in [2.75, 3.05) is 0 Å². The van der Waals surface area contributed by atoms with E-state index in [-0.39, 0.29) is 12.3 Å². The van der Waals surface area contributed by atoms with Gasteiger partial charge in [-0.3, -0.25) is 4.98 Å². The maximum absolute atomic E-state index is 10.8. The van der Waals surface area contributed by atoms with Crippen molar-refractivity contribution in [3.05, 3.63) is 46.1 Å². The van der Waals surface area contributed by atoms with Crippen LogP contribution in [-0.4, -0.2) is 15.2 Å². The van der Waals surface area contributed by atoms with Crippen molar-refractivity contribution in [3.8, 4) is 5.75 Å². The zero-order chi connectivity index (χ0) is 11.4. The normalized spacial score (nSPS) is 10.3. The first kappa shape index (κ1) is 10.5. The van der Waals surface area contributed by atoms with Gasteiger partial charge in [0.2, 0.25) is 0 Å². The average Bonchev–Trinajstić information content (AvgIpc) is 2.73. The highest BCUT2D eigenvalue weighted by Gasteiger charge is 2.03. The average molecular weight is 219 g/mol. The molecule has 0 saturated heterocycles. The lowest BCUT2D eigenvalue weighted by Gasteiger charge is -2.08. The van der Waals surface area contributed by atoms with E-state index in [2.05, 4.69) is 22.1 Å². The van der Waals surface area contributed by atoms with Crippen molar-refractivity contribution < 1.29 is 4.74 Å². The number of para-hydroxylation sites is 1. The van der Waals surface area contributed by atoms with Gasteiger partial charge in [-0.15, -0.1) is 0 Å². The largest absolute Gasteiger partial charge is 0.485 e. The fourth-order valence-corrected chi connectivity index (χ4v) is 1.46. The van der Waals surface area contributed by atoms with E-state index in [1.165, 1.54) is 0 Å². The highest BCUT2D eigenvalue weighted by molar-refractivity contribution is 5.33. The van der Waals surface area contributed by atoms with Crippen molar-refractivity contribution in [2.45, 2.75) is 20.0 Å². The number of benzene rings is 1. The van der Waals surface area contributed by atoms with Crippen LogP contribution >= 0.6 is 0 Å². The molecule has 0 bridgehead atoms. The van der Waals surface area contributed by atoms with Gasteiger partial charge in [-0.25, -0.2) is 9.89 Å². The van der Waals surface area contributed by atoms with Gasteiger partial charge < -0.3 is 4.74 Å². The van der Waals surface area contributed by atoms with Crippen LogP contribution in [-0.2, 0) is 13.0 Å². The molecule has 1 heterocycles. The van der Waals surface area contributed by atoms with Crippen LogP contribution in [0, 0.1) is 0 Å². The van der Waals surface area contributed by atoms with Crippen LogP contribution < -0.4 is 10.4 Å². The molecule has 0 spiro atoms. The molecular formula is C11H13N3O2. The topological polar surface area (TPSA) is 70.8 Å². The van der Waals surface area contributed by atoms with Crippen molar-refractivity contribution in [1.29, 1.82) is 0 Å². The van der Waals surface area contributed by atoms with Gasteiger partial charge in [-0.2, -0.15) is 5.10 Å². The summed E-state index contributed by atoms with van der Waals surface area (Å²) in [6, 6.07) is 7.82. The maximum Gasteiger partial charge on any atom is 0.340 e. The van der Waals surface area contributed by atoms with Crippen molar-refractivity contribution in [1.82, 2.24) is 15.2 Å². The minimum atomic E-state index is -0.317. The van der Waals surface area contributed by atoms with Gasteiger partial charge in [-0.05, 0) is 18.1 Å². The van der Waals surface area contributed by atoms with Gasteiger partial charge in [0.15, 0.2) is 5.82 Å². The van der Waals surface area contributed by atoms with E-state index < -0.39 is 0 Å². The second kappa shape index (κ2) is 4.65. The van der Waals surface area contributed by atoms with E-state index in [0.29, 0.717) is 5.82 Å². The Morgan fingerprint density at radius 1 is 1.38 bits per heavy atom. The quantitative estimate of drug-likeness (QED) is 0.812. The molecular weight excluding hydrogens is 206 g/mol. The van der Waals surface area contributed by atoms with E-state index in [1.807, 2.05) is 24.3 Å². The summed E-state index contributed by atoms with van der Waals surface area (Å²) in [6.07, 6.45) is 0.910. The molecule has 2 N–H and O–H groups in total. The van der Waals surface area contributed by atoms with Gasteiger partial charge in [0.1, 0.15) is 12.4 Å². The molecule has 0 amide bonds. The predicted octanol–water partition coefficient (Wildman–Crippen LogP) is 1.24. The zero-order valence-corrected chi connectivity index (χ0v) is 8.99. The molecule has 2 rings (SSSR count). The minimum absolute atomic E-state index is 0.260. The summed E-state index contributed by atoms with van der Waals surface area (Å²) in [5, 5.41) is 6.06. The molecule has 1 aromatic carbocycles. The number of rotatable bonds is 4. The van der Waals surface area contributed by atoms with Gasteiger partial charge in [-0.1, -0.05) is 25.1 Å². The van der Waals surface area contributed by atoms with E-state index in [9.17, 15) is 4.79 Å². The summed E-state index contributed by atoms with van der Waals surface area (Å²) in [4.78, 5) is 13.3. The van der Waals surface area contributed by atoms with Crippen molar-refractivity contribution in [2.24, 2.45) is 0 Å². The van der Waals surface area contributed by atoms with Gasteiger partial charge >= 0.3 is 5.69 Å². The number of aromatic amines is 2. The molecule has 0 unspecified atom stereocenters. The zero-order valence-electron chi connectivity index (χ0n) is 8.99. The molecule has 0 aliphatic rings. The third-order valence-electron chi connectivity index (χ3n) is 2.27. The summed E-state index contributed by atoms with van der Waals surface area (Å²) in [6.45, 7) is 2.33. The summed E-state index contributed by atoms with van der Waals surface area (Å²) < 4.78 is 5.57. The molecule has 0 aliphatic carbocycles. The molecule has 84 valence electrons. The Kier molecular flexibility index (Phi) is 3.05. The Labute approximate surface area is 92.5 Å². The van der Waals surface area contributed by atoms with Crippen LogP contribution in [0.15, 0.2) is 29.1 Å². The molecule has 0 radical (unpaired) electrons. The Hall–Kier alpha value is -2.04. The molecule has 5 heteroatoms. The highest BCUT2D eigenvalue weighted by Crippen LogP contribution is 2.18. The first-order valence-corrected chi connectivity index (χ1v) is 5.14. The maximum atomic E-state index is 10.8. The Morgan fingerprint density at radius 2 is 2.19 bits per heavy atom. The van der Waals surface area contributed by atoms with Crippen LogP contribution in [0.4, 0.5) is 0 Å². The molecule has 1 aromatic heterocycles.